The second kappa shape index (κ2) is 6.65. The quantitative estimate of drug-likeness (QED) is 0.662. The fourth-order valence-electron chi connectivity index (χ4n) is 1.71. The van der Waals surface area contributed by atoms with Crippen LogP contribution in [0.5, 0.6) is 0 Å². The van der Waals surface area contributed by atoms with Crippen molar-refractivity contribution in [1.82, 2.24) is 5.32 Å². The van der Waals surface area contributed by atoms with Crippen molar-refractivity contribution in [2.75, 3.05) is 11.1 Å². The molecule has 1 aromatic carbocycles. The molecule has 2 amide bonds. The maximum Gasteiger partial charge on any atom is 0.242 e. The third kappa shape index (κ3) is 4.45. The predicted octanol–water partition coefficient (Wildman–Crippen LogP) is 1.34. The summed E-state index contributed by atoms with van der Waals surface area (Å²) in [7, 11) is 0. The normalized spacial score (nSPS) is 15.4. The van der Waals surface area contributed by atoms with Gasteiger partial charge in [-0.1, -0.05) is 12.1 Å². The SMILES string of the molecule is C[C@@H](Nc1ccccc1SCC(N)=O)C(=O)NC1CC1. The lowest BCUT2D eigenvalue weighted by atomic mass is 10.2. The summed E-state index contributed by atoms with van der Waals surface area (Å²) in [6.45, 7) is 1.83. The van der Waals surface area contributed by atoms with Gasteiger partial charge in [-0.25, -0.2) is 0 Å². The van der Waals surface area contributed by atoms with Gasteiger partial charge in [0.15, 0.2) is 0 Å². The van der Waals surface area contributed by atoms with Gasteiger partial charge in [0, 0.05) is 16.6 Å². The molecule has 5 nitrogen and oxygen atoms in total. The van der Waals surface area contributed by atoms with Gasteiger partial charge >= 0.3 is 0 Å². The number of thioether (sulfide) groups is 1. The molecule has 1 fully saturated rings. The third-order valence-electron chi connectivity index (χ3n) is 2.95. The number of primary amides is 1. The van der Waals surface area contributed by atoms with Gasteiger partial charge in [0.1, 0.15) is 6.04 Å². The molecule has 20 heavy (non-hydrogen) atoms. The molecule has 1 aliphatic carbocycles. The van der Waals surface area contributed by atoms with Gasteiger partial charge in [0.2, 0.25) is 11.8 Å². The Morgan fingerprint density at radius 1 is 1.40 bits per heavy atom. The lowest BCUT2D eigenvalue weighted by Gasteiger charge is -2.17. The third-order valence-corrected chi connectivity index (χ3v) is 4.04. The van der Waals surface area contributed by atoms with E-state index in [0.717, 1.165) is 23.4 Å². The van der Waals surface area contributed by atoms with Crippen molar-refractivity contribution in [3.8, 4) is 0 Å². The molecular weight excluding hydrogens is 274 g/mol. The molecule has 1 saturated carbocycles. The second-order valence-corrected chi connectivity index (χ2v) is 5.92. The average molecular weight is 293 g/mol. The standard InChI is InChI=1S/C14H19N3O2S/c1-9(14(19)17-10-6-7-10)16-11-4-2-3-5-12(11)20-8-13(15)18/h2-5,9-10,16H,6-8H2,1H3,(H2,15,18)(H,17,19)/t9-/m1/s1. The summed E-state index contributed by atoms with van der Waals surface area (Å²) in [6, 6.07) is 7.62. The molecule has 0 aliphatic heterocycles. The van der Waals surface area contributed by atoms with E-state index in [1.165, 1.54) is 11.8 Å². The maximum atomic E-state index is 11.9. The van der Waals surface area contributed by atoms with Crippen LogP contribution in [-0.2, 0) is 9.59 Å². The van der Waals surface area contributed by atoms with Gasteiger partial charge in [-0.05, 0) is 31.9 Å². The van der Waals surface area contributed by atoms with Crippen molar-refractivity contribution in [2.24, 2.45) is 5.73 Å². The first-order chi connectivity index (χ1) is 9.56. The van der Waals surface area contributed by atoms with Crippen molar-refractivity contribution < 1.29 is 9.59 Å². The summed E-state index contributed by atoms with van der Waals surface area (Å²) >= 11 is 1.37. The van der Waals surface area contributed by atoms with E-state index >= 15 is 0 Å². The summed E-state index contributed by atoms with van der Waals surface area (Å²) in [6.07, 6.45) is 2.15. The Balaban J connectivity index is 1.96. The molecule has 0 unspecified atom stereocenters. The fourth-order valence-corrected chi connectivity index (χ4v) is 2.47. The topological polar surface area (TPSA) is 84.2 Å². The Hall–Kier alpha value is -1.69. The lowest BCUT2D eigenvalue weighted by molar-refractivity contribution is -0.121. The first kappa shape index (κ1) is 14.7. The Labute approximate surface area is 122 Å². The second-order valence-electron chi connectivity index (χ2n) is 4.90. The fraction of sp³-hybridized carbons (Fsp3) is 0.429. The summed E-state index contributed by atoms with van der Waals surface area (Å²) in [5.41, 5.74) is 6.00. The minimum Gasteiger partial charge on any atom is -0.373 e. The van der Waals surface area contributed by atoms with Gasteiger partial charge in [0.05, 0.1) is 5.75 Å². The number of rotatable bonds is 7. The highest BCUT2D eigenvalue weighted by atomic mass is 32.2. The predicted molar refractivity (Wildman–Crippen MR) is 80.6 cm³/mol. The van der Waals surface area contributed by atoms with Gasteiger partial charge < -0.3 is 16.4 Å². The average Bonchev–Trinajstić information content (AvgIpc) is 3.21. The highest BCUT2D eigenvalue weighted by molar-refractivity contribution is 8.00. The van der Waals surface area contributed by atoms with Crippen LogP contribution in [0.3, 0.4) is 0 Å². The monoisotopic (exact) mass is 293 g/mol. The van der Waals surface area contributed by atoms with Gasteiger partial charge in [0.25, 0.3) is 0 Å². The van der Waals surface area contributed by atoms with Gasteiger partial charge in [-0.2, -0.15) is 0 Å². The molecular formula is C14H19N3O2S. The Kier molecular flexibility index (Phi) is 4.89. The summed E-state index contributed by atoms with van der Waals surface area (Å²) in [5.74, 6) is -0.132. The van der Waals surface area contributed by atoms with Crippen LogP contribution in [-0.4, -0.2) is 29.7 Å². The maximum absolute atomic E-state index is 11.9. The zero-order chi connectivity index (χ0) is 14.5. The summed E-state index contributed by atoms with van der Waals surface area (Å²) in [5, 5.41) is 6.14. The van der Waals surface area contributed by atoms with E-state index in [1.807, 2.05) is 31.2 Å². The number of carbonyl (C=O) groups is 2. The van der Waals surface area contributed by atoms with E-state index in [2.05, 4.69) is 10.6 Å². The number of amides is 2. The number of nitrogens with one attached hydrogen (secondary N) is 2. The molecule has 1 aromatic rings. The molecule has 1 atom stereocenters. The van der Waals surface area contributed by atoms with Crippen molar-refractivity contribution >= 4 is 29.3 Å². The molecule has 0 spiro atoms. The highest BCUT2D eigenvalue weighted by Gasteiger charge is 2.25. The van der Waals surface area contributed by atoms with E-state index in [1.54, 1.807) is 0 Å². The number of para-hydroxylation sites is 1. The summed E-state index contributed by atoms with van der Waals surface area (Å²) in [4.78, 5) is 23.7. The molecule has 1 aliphatic rings. The van der Waals surface area contributed by atoms with Crippen molar-refractivity contribution in [1.29, 1.82) is 0 Å². The number of anilines is 1. The molecule has 108 valence electrons. The van der Waals surface area contributed by atoms with Gasteiger partial charge in [-0.15, -0.1) is 11.8 Å². The van der Waals surface area contributed by atoms with E-state index in [9.17, 15) is 9.59 Å². The minimum absolute atomic E-state index is 0.00204. The number of carbonyl (C=O) groups excluding carboxylic acids is 2. The minimum atomic E-state index is -0.357. The largest absolute Gasteiger partial charge is 0.373 e. The van der Waals surface area contributed by atoms with Crippen LogP contribution in [0.25, 0.3) is 0 Å². The molecule has 0 heterocycles. The van der Waals surface area contributed by atoms with Crippen LogP contribution in [0.4, 0.5) is 5.69 Å². The number of nitrogens with two attached hydrogens (primary N) is 1. The molecule has 0 radical (unpaired) electrons. The van der Waals surface area contributed by atoms with Crippen LogP contribution in [0.1, 0.15) is 19.8 Å². The smallest absolute Gasteiger partial charge is 0.242 e. The molecule has 0 bridgehead atoms. The molecule has 2 rings (SSSR count). The number of benzene rings is 1. The van der Waals surface area contributed by atoms with E-state index in [4.69, 9.17) is 5.73 Å². The zero-order valence-corrected chi connectivity index (χ0v) is 12.2. The summed E-state index contributed by atoms with van der Waals surface area (Å²) < 4.78 is 0. The van der Waals surface area contributed by atoms with Crippen molar-refractivity contribution in [3.63, 3.8) is 0 Å². The van der Waals surface area contributed by atoms with E-state index in [0.29, 0.717) is 6.04 Å². The Bertz CT molecular complexity index is 503. The Morgan fingerprint density at radius 2 is 2.10 bits per heavy atom. The molecule has 0 aromatic heterocycles. The first-order valence-electron chi connectivity index (χ1n) is 6.63. The van der Waals surface area contributed by atoms with E-state index < -0.39 is 0 Å². The van der Waals surface area contributed by atoms with Crippen LogP contribution in [0.15, 0.2) is 29.2 Å². The lowest BCUT2D eigenvalue weighted by Crippen LogP contribution is -2.38. The van der Waals surface area contributed by atoms with Crippen LogP contribution in [0.2, 0.25) is 0 Å². The highest BCUT2D eigenvalue weighted by Crippen LogP contribution is 2.27. The number of hydrogen-bond acceptors (Lipinski definition) is 4. The first-order valence-corrected chi connectivity index (χ1v) is 7.62. The van der Waals surface area contributed by atoms with Gasteiger partial charge in [-0.3, -0.25) is 9.59 Å². The Morgan fingerprint density at radius 3 is 2.75 bits per heavy atom. The van der Waals surface area contributed by atoms with E-state index in [-0.39, 0.29) is 23.6 Å². The molecule has 6 heteroatoms. The molecule has 4 N–H and O–H groups in total. The molecule has 0 saturated heterocycles. The number of hydrogen-bond donors (Lipinski definition) is 3. The van der Waals surface area contributed by atoms with Crippen LogP contribution < -0.4 is 16.4 Å². The van der Waals surface area contributed by atoms with Crippen LogP contribution >= 0.6 is 11.8 Å². The van der Waals surface area contributed by atoms with Crippen molar-refractivity contribution in [2.45, 2.75) is 36.7 Å². The van der Waals surface area contributed by atoms with Crippen LogP contribution in [0, 0.1) is 0 Å². The zero-order valence-electron chi connectivity index (χ0n) is 11.4. The van der Waals surface area contributed by atoms with Crippen molar-refractivity contribution in [3.05, 3.63) is 24.3 Å².